The molecule has 1 amide bonds. The third-order valence-electron chi connectivity index (χ3n) is 2.26. The van der Waals surface area contributed by atoms with Crippen LogP contribution in [0.3, 0.4) is 0 Å². The second-order valence-corrected chi connectivity index (χ2v) is 5.36. The molecule has 0 radical (unpaired) electrons. The van der Waals surface area contributed by atoms with Crippen LogP contribution in [0.25, 0.3) is 0 Å². The van der Waals surface area contributed by atoms with Crippen molar-refractivity contribution in [2.45, 2.75) is 13.0 Å². The normalized spacial score (nSPS) is 11.6. The van der Waals surface area contributed by atoms with Crippen LogP contribution in [0.4, 0.5) is 4.39 Å². The topological polar surface area (TPSA) is 62.4 Å². The summed E-state index contributed by atoms with van der Waals surface area (Å²) in [6, 6.07) is 4.16. The van der Waals surface area contributed by atoms with Gasteiger partial charge in [0, 0.05) is 17.6 Å². The molecule has 0 saturated carbocycles. The molecule has 0 heterocycles. The Morgan fingerprint density at radius 2 is 2.20 bits per heavy atom. The molecular weight excluding hydrogens is 349 g/mol. The quantitative estimate of drug-likeness (QED) is 0.561. The summed E-state index contributed by atoms with van der Waals surface area (Å²) in [5, 5.41) is 3.11. The van der Waals surface area contributed by atoms with Gasteiger partial charge in [-0.05, 0) is 37.3 Å². The molecule has 0 spiro atoms. The molecule has 1 atom stereocenters. The lowest BCUT2D eigenvalue weighted by atomic mass is 10.2. The van der Waals surface area contributed by atoms with Crippen LogP contribution >= 0.6 is 28.1 Å². The molecule has 110 valence electrons. The Morgan fingerprint density at radius 3 is 2.80 bits per heavy atom. The molecule has 0 fully saturated rings. The van der Waals surface area contributed by atoms with Gasteiger partial charge < -0.3 is 10.1 Å². The van der Waals surface area contributed by atoms with Crippen molar-refractivity contribution in [1.82, 2.24) is 16.2 Å². The summed E-state index contributed by atoms with van der Waals surface area (Å²) in [5.41, 5.74) is 4.74. The first kappa shape index (κ1) is 16.8. The van der Waals surface area contributed by atoms with Gasteiger partial charge in [0.15, 0.2) is 5.11 Å². The number of carbonyl (C=O) groups is 1. The van der Waals surface area contributed by atoms with Crippen LogP contribution in [-0.4, -0.2) is 30.8 Å². The van der Waals surface area contributed by atoms with E-state index >= 15 is 0 Å². The number of halogens is 2. The predicted molar refractivity (Wildman–Crippen MR) is 81.8 cm³/mol. The van der Waals surface area contributed by atoms with E-state index in [-0.39, 0.29) is 16.7 Å². The van der Waals surface area contributed by atoms with Crippen LogP contribution in [0.5, 0.6) is 0 Å². The van der Waals surface area contributed by atoms with Gasteiger partial charge in [0.1, 0.15) is 5.82 Å². The maximum atomic E-state index is 13.6. The van der Waals surface area contributed by atoms with Gasteiger partial charge in [-0.2, -0.15) is 0 Å². The van der Waals surface area contributed by atoms with E-state index in [2.05, 4.69) is 32.1 Å². The zero-order chi connectivity index (χ0) is 15.1. The van der Waals surface area contributed by atoms with Crippen molar-refractivity contribution >= 4 is 39.2 Å². The lowest BCUT2D eigenvalue weighted by molar-refractivity contribution is 0.0939. The fraction of sp³-hybridized carbons (Fsp3) is 0.333. The van der Waals surface area contributed by atoms with Crippen molar-refractivity contribution in [3.8, 4) is 0 Å². The highest BCUT2D eigenvalue weighted by Crippen LogP contribution is 2.14. The van der Waals surface area contributed by atoms with E-state index in [0.29, 0.717) is 11.1 Å². The van der Waals surface area contributed by atoms with Crippen molar-refractivity contribution in [2.24, 2.45) is 0 Å². The number of hydrazine groups is 1. The van der Waals surface area contributed by atoms with Crippen LogP contribution in [0.2, 0.25) is 0 Å². The van der Waals surface area contributed by atoms with Crippen LogP contribution in [0.15, 0.2) is 22.7 Å². The molecule has 1 aromatic carbocycles. The van der Waals surface area contributed by atoms with Crippen molar-refractivity contribution in [3.05, 3.63) is 34.1 Å². The summed E-state index contributed by atoms with van der Waals surface area (Å²) in [7, 11) is 1.58. The molecule has 0 aliphatic heterocycles. The van der Waals surface area contributed by atoms with Crippen molar-refractivity contribution in [2.75, 3.05) is 13.7 Å². The number of hydrogen-bond acceptors (Lipinski definition) is 3. The minimum absolute atomic E-state index is 0.0127. The van der Waals surface area contributed by atoms with Gasteiger partial charge in [0.2, 0.25) is 0 Å². The first-order valence-electron chi connectivity index (χ1n) is 5.75. The number of benzene rings is 1. The first-order chi connectivity index (χ1) is 9.43. The molecule has 0 aromatic heterocycles. The standard InChI is InChI=1S/C12H15BrFN3O2S/c1-7(6-19-2)15-12(20)17-16-11(18)9-4-3-8(13)5-10(9)14/h3-5,7H,6H2,1-2H3,(H,16,18)(H2,15,17,20)/t7-/m1/s1. The van der Waals surface area contributed by atoms with Crippen molar-refractivity contribution in [3.63, 3.8) is 0 Å². The maximum absolute atomic E-state index is 13.6. The van der Waals surface area contributed by atoms with Gasteiger partial charge in [-0.1, -0.05) is 15.9 Å². The number of hydrogen-bond donors (Lipinski definition) is 3. The van der Waals surface area contributed by atoms with E-state index in [4.69, 9.17) is 17.0 Å². The highest BCUT2D eigenvalue weighted by Gasteiger charge is 2.12. The Labute approximate surface area is 130 Å². The van der Waals surface area contributed by atoms with Gasteiger partial charge in [0.25, 0.3) is 5.91 Å². The summed E-state index contributed by atoms with van der Waals surface area (Å²) in [6.45, 7) is 2.34. The highest BCUT2D eigenvalue weighted by atomic mass is 79.9. The molecule has 1 rings (SSSR count). The van der Waals surface area contributed by atoms with Crippen LogP contribution < -0.4 is 16.2 Å². The van der Waals surface area contributed by atoms with Crippen LogP contribution in [0, 0.1) is 5.82 Å². The largest absolute Gasteiger partial charge is 0.383 e. The maximum Gasteiger partial charge on any atom is 0.272 e. The van der Waals surface area contributed by atoms with Crippen LogP contribution in [0.1, 0.15) is 17.3 Å². The zero-order valence-corrected chi connectivity index (χ0v) is 13.4. The van der Waals surface area contributed by atoms with Gasteiger partial charge in [-0.15, -0.1) is 0 Å². The average molecular weight is 364 g/mol. The van der Waals surface area contributed by atoms with Crippen LogP contribution in [-0.2, 0) is 4.74 Å². The molecular formula is C12H15BrFN3O2S. The molecule has 0 saturated heterocycles. The number of ether oxygens (including phenoxy) is 1. The van der Waals surface area contributed by atoms with Gasteiger partial charge in [-0.25, -0.2) is 4.39 Å². The third-order valence-corrected chi connectivity index (χ3v) is 2.97. The van der Waals surface area contributed by atoms with E-state index < -0.39 is 11.7 Å². The minimum Gasteiger partial charge on any atom is -0.383 e. The highest BCUT2D eigenvalue weighted by molar-refractivity contribution is 9.10. The molecule has 8 heteroatoms. The summed E-state index contributed by atoms with van der Waals surface area (Å²) >= 11 is 8.09. The van der Waals surface area contributed by atoms with Gasteiger partial charge in [-0.3, -0.25) is 15.6 Å². The summed E-state index contributed by atoms with van der Waals surface area (Å²) in [6.07, 6.45) is 0. The van der Waals surface area contributed by atoms with Gasteiger partial charge >= 0.3 is 0 Å². The number of nitrogens with one attached hydrogen (secondary N) is 3. The second kappa shape index (κ2) is 8.13. The lowest BCUT2D eigenvalue weighted by Crippen LogP contribution is -2.50. The molecule has 20 heavy (non-hydrogen) atoms. The fourth-order valence-corrected chi connectivity index (χ4v) is 1.99. The Hall–Kier alpha value is -1.25. The molecule has 0 aliphatic rings. The number of thiocarbonyl (C=S) groups is 1. The van der Waals surface area contributed by atoms with Gasteiger partial charge in [0.05, 0.1) is 12.2 Å². The van der Waals surface area contributed by atoms with Crippen molar-refractivity contribution in [1.29, 1.82) is 0 Å². The smallest absolute Gasteiger partial charge is 0.272 e. The SMILES string of the molecule is COC[C@@H](C)NC(=S)NNC(=O)c1ccc(Br)cc1F. The average Bonchev–Trinajstić information content (AvgIpc) is 2.36. The molecule has 3 N–H and O–H groups in total. The number of carbonyl (C=O) groups excluding carboxylic acids is 1. The fourth-order valence-electron chi connectivity index (χ4n) is 1.41. The van der Waals surface area contributed by atoms with E-state index in [0.717, 1.165) is 0 Å². The number of methoxy groups -OCH3 is 1. The predicted octanol–water partition coefficient (Wildman–Crippen LogP) is 1.73. The van der Waals surface area contributed by atoms with E-state index in [1.165, 1.54) is 12.1 Å². The summed E-state index contributed by atoms with van der Waals surface area (Å²) in [5.74, 6) is -1.23. The molecule has 0 bridgehead atoms. The van der Waals surface area contributed by atoms with Crippen molar-refractivity contribution < 1.29 is 13.9 Å². The second-order valence-electron chi connectivity index (χ2n) is 4.03. The first-order valence-corrected chi connectivity index (χ1v) is 6.95. The molecule has 0 unspecified atom stereocenters. The molecule has 1 aromatic rings. The Bertz CT molecular complexity index is 502. The zero-order valence-electron chi connectivity index (χ0n) is 11.0. The van der Waals surface area contributed by atoms with E-state index in [1.807, 2.05) is 6.92 Å². The summed E-state index contributed by atoms with van der Waals surface area (Å²) in [4.78, 5) is 11.8. The Kier molecular flexibility index (Phi) is 6.83. The Balaban J connectivity index is 2.49. The molecule has 5 nitrogen and oxygen atoms in total. The monoisotopic (exact) mass is 363 g/mol. The molecule has 0 aliphatic carbocycles. The summed E-state index contributed by atoms with van der Waals surface area (Å²) < 4.78 is 19.0. The third kappa shape index (κ3) is 5.40. The lowest BCUT2D eigenvalue weighted by Gasteiger charge is -2.16. The Morgan fingerprint density at radius 1 is 1.50 bits per heavy atom. The van der Waals surface area contributed by atoms with E-state index in [9.17, 15) is 9.18 Å². The number of rotatable bonds is 4. The van der Waals surface area contributed by atoms with E-state index in [1.54, 1.807) is 13.2 Å². The minimum atomic E-state index is -0.620. The number of amides is 1.